The molecule has 0 amide bonds. The molecule has 1 aromatic carbocycles. The van der Waals surface area contributed by atoms with Crippen molar-refractivity contribution in [3.05, 3.63) is 29.3 Å². The Morgan fingerprint density at radius 1 is 1.53 bits per heavy atom. The maximum absolute atomic E-state index is 9.21. The Morgan fingerprint density at radius 3 is 3.06 bits per heavy atom. The van der Waals surface area contributed by atoms with Crippen molar-refractivity contribution in [2.45, 2.75) is 38.3 Å². The van der Waals surface area contributed by atoms with Gasteiger partial charge in [0, 0.05) is 12.5 Å². The number of nitrogens with one attached hydrogen (secondary N) is 1. The van der Waals surface area contributed by atoms with E-state index in [4.69, 9.17) is 4.74 Å². The molecular formula is C14H21NO2. The summed E-state index contributed by atoms with van der Waals surface area (Å²) in [6.07, 6.45) is 2.60. The maximum atomic E-state index is 9.21. The van der Waals surface area contributed by atoms with Crippen molar-refractivity contribution in [3.63, 3.8) is 0 Å². The molecule has 17 heavy (non-hydrogen) atoms. The molecule has 0 fully saturated rings. The highest BCUT2D eigenvalue weighted by molar-refractivity contribution is 5.45. The van der Waals surface area contributed by atoms with E-state index in [0.717, 1.165) is 18.6 Å². The predicted octanol–water partition coefficient (Wildman–Crippen LogP) is 2.04. The SMILES string of the molecule is CNC1CCc2c(OCCC(C)O)cccc21. The summed E-state index contributed by atoms with van der Waals surface area (Å²) in [4.78, 5) is 0. The third-order valence-corrected chi connectivity index (χ3v) is 3.37. The molecule has 0 saturated carbocycles. The Bertz CT molecular complexity index is 376. The molecular weight excluding hydrogens is 214 g/mol. The van der Waals surface area contributed by atoms with Crippen molar-refractivity contribution in [2.75, 3.05) is 13.7 Å². The monoisotopic (exact) mass is 235 g/mol. The minimum absolute atomic E-state index is 0.295. The third kappa shape index (κ3) is 2.79. The van der Waals surface area contributed by atoms with E-state index in [2.05, 4.69) is 11.4 Å². The zero-order chi connectivity index (χ0) is 12.3. The van der Waals surface area contributed by atoms with Gasteiger partial charge in [-0.05, 0) is 44.0 Å². The smallest absolute Gasteiger partial charge is 0.122 e. The van der Waals surface area contributed by atoms with E-state index in [-0.39, 0.29) is 6.10 Å². The van der Waals surface area contributed by atoms with Crippen LogP contribution in [0, 0.1) is 0 Å². The van der Waals surface area contributed by atoms with Crippen molar-refractivity contribution in [2.24, 2.45) is 0 Å². The highest BCUT2D eigenvalue weighted by Crippen LogP contribution is 2.36. The second-order valence-electron chi connectivity index (χ2n) is 4.69. The van der Waals surface area contributed by atoms with Crippen molar-refractivity contribution in [1.82, 2.24) is 5.32 Å². The first-order valence-electron chi connectivity index (χ1n) is 6.32. The van der Waals surface area contributed by atoms with Gasteiger partial charge in [-0.2, -0.15) is 0 Å². The minimum atomic E-state index is -0.295. The first-order chi connectivity index (χ1) is 8.22. The number of hydrogen-bond acceptors (Lipinski definition) is 3. The van der Waals surface area contributed by atoms with E-state index in [1.807, 2.05) is 19.2 Å². The van der Waals surface area contributed by atoms with Gasteiger partial charge in [-0.3, -0.25) is 0 Å². The fourth-order valence-corrected chi connectivity index (χ4v) is 2.40. The highest BCUT2D eigenvalue weighted by atomic mass is 16.5. The van der Waals surface area contributed by atoms with Crippen LogP contribution in [0.2, 0.25) is 0 Å². The number of rotatable bonds is 5. The second kappa shape index (κ2) is 5.52. The lowest BCUT2D eigenvalue weighted by Gasteiger charge is -2.13. The first kappa shape index (κ1) is 12.4. The Hall–Kier alpha value is -1.06. The maximum Gasteiger partial charge on any atom is 0.122 e. The lowest BCUT2D eigenvalue weighted by Crippen LogP contribution is -2.12. The van der Waals surface area contributed by atoms with E-state index >= 15 is 0 Å². The van der Waals surface area contributed by atoms with Gasteiger partial charge in [-0.25, -0.2) is 0 Å². The summed E-state index contributed by atoms with van der Waals surface area (Å²) in [6.45, 7) is 2.37. The number of aliphatic hydroxyl groups excluding tert-OH is 1. The van der Waals surface area contributed by atoms with Gasteiger partial charge in [0.2, 0.25) is 0 Å². The number of ether oxygens (including phenoxy) is 1. The fourth-order valence-electron chi connectivity index (χ4n) is 2.40. The Kier molecular flexibility index (Phi) is 4.02. The van der Waals surface area contributed by atoms with Crippen LogP contribution in [-0.4, -0.2) is 24.9 Å². The molecule has 0 aliphatic heterocycles. The van der Waals surface area contributed by atoms with E-state index < -0.39 is 0 Å². The van der Waals surface area contributed by atoms with Crippen LogP contribution in [0.25, 0.3) is 0 Å². The first-order valence-corrected chi connectivity index (χ1v) is 6.32. The van der Waals surface area contributed by atoms with Crippen LogP contribution in [0.5, 0.6) is 5.75 Å². The zero-order valence-corrected chi connectivity index (χ0v) is 10.6. The van der Waals surface area contributed by atoms with Gasteiger partial charge >= 0.3 is 0 Å². The molecule has 1 aliphatic carbocycles. The van der Waals surface area contributed by atoms with E-state index in [0.29, 0.717) is 19.1 Å². The van der Waals surface area contributed by atoms with Crippen LogP contribution >= 0.6 is 0 Å². The molecule has 0 radical (unpaired) electrons. The van der Waals surface area contributed by atoms with Gasteiger partial charge in [0.15, 0.2) is 0 Å². The molecule has 94 valence electrons. The third-order valence-electron chi connectivity index (χ3n) is 3.37. The van der Waals surface area contributed by atoms with Gasteiger partial charge < -0.3 is 15.2 Å². The number of aliphatic hydroxyl groups is 1. The van der Waals surface area contributed by atoms with Gasteiger partial charge in [-0.15, -0.1) is 0 Å². The summed E-state index contributed by atoms with van der Waals surface area (Å²) in [5, 5.41) is 12.5. The molecule has 3 heteroatoms. The molecule has 2 N–H and O–H groups in total. The van der Waals surface area contributed by atoms with Crippen LogP contribution in [0.4, 0.5) is 0 Å². The van der Waals surface area contributed by atoms with E-state index in [9.17, 15) is 5.11 Å². The minimum Gasteiger partial charge on any atom is -0.493 e. The number of fused-ring (bicyclic) bond motifs is 1. The highest BCUT2D eigenvalue weighted by Gasteiger charge is 2.23. The quantitative estimate of drug-likeness (QED) is 0.820. The molecule has 0 spiro atoms. The lowest BCUT2D eigenvalue weighted by molar-refractivity contribution is 0.155. The summed E-state index contributed by atoms with van der Waals surface area (Å²) in [5.41, 5.74) is 2.69. The summed E-state index contributed by atoms with van der Waals surface area (Å²) in [6, 6.07) is 6.71. The Balaban J connectivity index is 2.06. The van der Waals surface area contributed by atoms with Crippen molar-refractivity contribution >= 4 is 0 Å². The summed E-state index contributed by atoms with van der Waals surface area (Å²) in [7, 11) is 2.00. The predicted molar refractivity (Wildman–Crippen MR) is 68.4 cm³/mol. The van der Waals surface area contributed by atoms with E-state index in [1.165, 1.54) is 11.1 Å². The van der Waals surface area contributed by atoms with Crippen LogP contribution in [0.1, 0.15) is 36.9 Å². The van der Waals surface area contributed by atoms with Crippen LogP contribution in [0.15, 0.2) is 18.2 Å². The van der Waals surface area contributed by atoms with Gasteiger partial charge in [0.1, 0.15) is 5.75 Å². The molecule has 2 rings (SSSR count). The van der Waals surface area contributed by atoms with Crippen LogP contribution in [-0.2, 0) is 6.42 Å². The van der Waals surface area contributed by atoms with Crippen LogP contribution in [0.3, 0.4) is 0 Å². The second-order valence-corrected chi connectivity index (χ2v) is 4.69. The Morgan fingerprint density at radius 2 is 2.35 bits per heavy atom. The topological polar surface area (TPSA) is 41.5 Å². The van der Waals surface area contributed by atoms with Crippen LogP contribution < -0.4 is 10.1 Å². The number of benzene rings is 1. The fraction of sp³-hybridized carbons (Fsp3) is 0.571. The molecule has 3 nitrogen and oxygen atoms in total. The summed E-state index contributed by atoms with van der Waals surface area (Å²) >= 11 is 0. The normalized spacial score (nSPS) is 20.1. The zero-order valence-electron chi connectivity index (χ0n) is 10.6. The molecule has 2 unspecified atom stereocenters. The van der Waals surface area contributed by atoms with Crippen molar-refractivity contribution < 1.29 is 9.84 Å². The van der Waals surface area contributed by atoms with Crippen molar-refractivity contribution in [3.8, 4) is 5.75 Å². The van der Waals surface area contributed by atoms with Crippen molar-refractivity contribution in [1.29, 1.82) is 0 Å². The molecule has 2 atom stereocenters. The standard InChI is InChI=1S/C14H21NO2/c1-10(16)8-9-17-14-5-3-4-11-12(14)6-7-13(11)15-2/h3-5,10,13,15-16H,6-9H2,1-2H3. The average molecular weight is 235 g/mol. The molecule has 1 aliphatic rings. The average Bonchev–Trinajstić information content (AvgIpc) is 2.72. The summed E-state index contributed by atoms with van der Waals surface area (Å²) < 4.78 is 5.76. The molecule has 0 saturated heterocycles. The Labute approximate surface area is 103 Å². The van der Waals surface area contributed by atoms with Gasteiger partial charge in [-0.1, -0.05) is 12.1 Å². The van der Waals surface area contributed by atoms with Gasteiger partial charge in [0.25, 0.3) is 0 Å². The molecule has 0 heterocycles. The molecule has 0 bridgehead atoms. The summed E-state index contributed by atoms with van der Waals surface area (Å²) in [5.74, 6) is 0.987. The number of hydrogen-bond donors (Lipinski definition) is 2. The largest absolute Gasteiger partial charge is 0.493 e. The van der Waals surface area contributed by atoms with E-state index in [1.54, 1.807) is 6.92 Å². The van der Waals surface area contributed by atoms with Gasteiger partial charge in [0.05, 0.1) is 12.7 Å². The molecule has 1 aromatic rings. The lowest BCUT2D eigenvalue weighted by atomic mass is 10.1. The molecule has 0 aromatic heterocycles.